The van der Waals surface area contributed by atoms with Crippen molar-refractivity contribution in [1.82, 2.24) is 34.6 Å². The Kier molecular flexibility index (Phi) is 5.63. The summed E-state index contributed by atoms with van der Waals surface area (Å²) in [5, 5.41) is 26.7. The molecule has 11 nitrogen and oxygen atoms in total. The summed E-state index contributed by atoms with van der Waals surface area (Å²) in [4.78, 5) is 27.0. The molecule has 0 aliphatic heterocycles. The molecule has 1 amide bonds. The van der Waals surface area contributed by atoms with Crippen LogP contribution in [-0.2, 0) is 6.42 Å². The fraction of sp³-hybridized carbons (Fsp3) is 0.100. The number of phenolic OH excluding ortho intramolecular Hbond substituents is 2. The molecule has 2 aromatic carbocycles. The lowest BCUT2D eigenvalue weighted by molar-refractivity contribution is 0.0936. The fourth-order valence-electron chi connectivity index (χ4n) is 5.31. The van der Waals surface area contributed by atoms with Crippen molar-refractivity contribution in [3.8, 4) is 34.4 Å². The maximum absolute atomic E-state index is 12.9. The summed E-state index contributed by atoms with van der Waals surface area (Å²) in [5.41, 5.74) is 11.5. The standard InChI is InChI=1S/C30H24N8O3/c31-27-21(3-1-12-32-27)28-34-23-9-11-26(37-14-2-13-33-37)36-29(23)38(28)19-6-7-20-17(15-19)4-8-22(20)35-30(41)18-5-10-24(39)25(40)16-18/h1-3,5-7,9-16,22,39-40H,4,8H2,(H2,31,32)(H,35,41)/t22-/m0/s1. The van der Waals surface area contributed by atoms with E-state index in [4.69, 9.17) is 15.7 Å². The number of phenols is 2. The van der Waals surface area contributed by atoms with Gasteiger partial charge >= 0.3 is 0 Å². The van der Waals surface area contributed by atoms with Gasteiger partial charge in [-0.2, -0.15) is 5.10 Å². The number of nitrogen functional groups attached to an aromatic ring is 1. The number of nitrogens with zero attached hydrogens (tertiary/aromatic N) is 6. The number of nitrogens with one attached hydrogen (secondary N) is 1. The highest BCUT2D eigenvalue weighted by Gasteiger charge is 2.26. The third-order valence-corrected chi connectivity index (χ3v) is 7.31. The van der Waals surface area contributed by atoms with Crippen LogP contribution in [0, 0.1) is 0 Å². The highest BCUT2D eigenvalue weighted by Crippen LogP contribution is 2.36. The summed E-state index contributed by atoms with van der Waals surface area (Å²) in [7, 11) is 0. The summed E-state index contributed by atoms with van der Waals surface area (Å²) in [6.07, 6.45) is 6.66. The number of carbonyl (C=O) groups is 1. The van der Waals surface area contributed by atoms with E-state index in [0.717, 1.165) is 29.7 Å². The number of fused-ring (bicyclic) bond motifs is 2. The van der Waals surface area contributed by atoms with E-state index in [0.29, 0.717) is 34.2 Å². The lowest BCUT2D eigenvalue weighted by atomic mass is 10.1. The van der Waals surface area contributed by atoms with Crippen molar-refractivity contribution in [3.05, 3.63) is 102 Å². The van der Waals surface area contributed by atoms with Crippen molar-refractivity contribution in [1.29, 1.82) is 0 Å². The molecular weight excluding hydrogens is 520 g/mol. The minimum Gasteiger partial charge on any atom is -0.504 e. The van der Waals surface area contributed by atoms with Gasteiger partial charge in [-0.3, -0.25) is 9.36 Å². The Bertz CT molecular complexity index is 1950. The highest BCUT2D eigenvalue weighted by atomic mass is 16.3. The average Bonchev–Trinajstić information content (AvgIpc) is 3.73. The van der Waals surface area contributed by atoms with Gasteiger partial charge in [0.2, 0.25) is 0 Å². The molecule has 0 saturated carbocycles. The number of hydrogen-bond donors (Lipinski definition) is 4. The highest BCUT2D eigenvalue weighted by molar-refractivity contribution is 5.95. The SMILES string of the molecule is Nc1ncccc1-c1nc2ccc(-n3cccn3)nc2n1-c1ccc2c(c1)CC[C@@H]2NC(=O)c1ccc(O)c(O)c1. The van der Waals surface area contributed by atoms with Gasteiger partial charge in [-0.25, -0.2) is 19.6 Å². The Balaban J connectivity index is 1.30. The molecule has 4 heterocycles. The van der Waals surface area contributed by atoms with Gasteiger partial charge in [0.05, 0.1) is 11.6 Å². The van der Waals surface area contributed by atoms with Crippen molar-refractivity contribution < 1.29 is 15.0 Å². The van der Waals surface area contributed by atoms with E-state index in [9.17, 15) is 15.0 Å². The number of aromatic nitrogens is 6. The van der Waals surface area contributed by atoms with Gasteiger partial charge in [0.25, 0.3) is 5.91 Å². The largest absolute Gasteiger partial charge is 0.504 e. The summed E-state index contributed by atoms with van der Waals surface area (Å²) in [5.74, 6) is 0.694. The zero-order chi connectivity index (χ0) is 28.1. The first-order valence-electron chi connectivity index (χ1n) is 13.0. The number of pyridine rings is 2. The van der Waals surface area contributed by atoms with Crippen molar-refractivity contribution in [2.24, 2.45) is 0 Å². The maximum atomic E-state index is 12.9. The maximum Gasteiger partial charge on any atom is 0.251 e. The fourth-order valence-corrected chi connectivity index (χ4v) is 5.31. The van der Waals surface area contributed by atoms with Gasteiger partial charge in [-0.15, -0.1) is 0 Å². The number of amides is 1. The van der Waals surface area contributed by atoms with Gasteiger partial charge in [-0.05, 0) is 84.6 Å². The van der Waals surface area contributed by atoms with Crippen LogP contribution in [0.2, 0.25) is 0 Å². The van der Waals surface area contributed by atoms with Crippen LogP contribution in [0.1, 0.15) is 33.9 Å². The molecular formula is C30H24N8O3. The molecule has 202 valence electrons. The third-order valence-electron chi connectivity index (χ3n) is 7.31. The Hall–Kier alpha value is -5.71. The van der Waals surface area contributed by atoms with Crippen molar-refractivity contribution in [2.45, 2.75) is 18.9 Å². The summed E-state index contributed by atoms with van der Waals surface area (Å²) in [6, 6.07) is 19.2. The first-order chi connectivity index (χ1) is 20.0. The molecule has 0 bridgehead atoms. The number of benzene rings is 2. The van der Waals surface area contributed by atoms with E-state index < -0.39 is 0 Å². The minimum atomic E-state index is -0.337. The van der Waals surface area contributed by atoms with Crippen LogP contribution in [0.4, 0.5) is 5.82 Å². The van der Waals surface area contributed by atoms with Gasteiger partial charge in [0, 0.05) is 29.8 Å². The number of anilines is 1. The van der Waals surface area contributed by atoms with E-state index in [2.05, 4.69) is 21.5 Å². The van der Waals surface area contributed by atoms with Crippen LogP contribution in [-0.4, -0.2) is 45.4 Å². The zero-order valence-corrected chi connectivity index (χ0v) is 21.6. The number of imidazole rings is 1. The number of carbonyl (C=O) groups excluding carboxylic acids is 1. The molecule has 1 aliphatic carbocycles. The first-order valence-corrected chi connectivity index (χ1v) is 13.0. The van der Waals surface area contributed by atoms with E-state index in [-0.39, 0.29) is 29.0 Å². The Morgan fingerprint density at radius 3 is 2.68 bits per heavy atom. The summed E-state index contributed by atoms with van der Waals surface area (Å²) >= 11 is 0. The molecule has 0 saturated heterocycles. The summed E-state index contributed by atoms with van der Waals surface area (Å²) in [6.45, 7) is 0. The molecule has 11 heteroatoms. The molecule has 0 radical (unpaired) electrons. The Morgan fingerprint density at radius 2 is 1.88 bits per heavy atom. The van der Waals surface area contributed by atoms with Crippen molar-refractivity contribution in [3.63, 3.8) is 0 Å². The number of rotatable bonds is 5. The molecule has 7 rings (SSSR count). The second-order valence-electron chi connectivity index (χ2n) is 9.82. The van der Waals surface area contributed by atoms with Gasteiger partial charge in [0.15, 0.2) is 28.8 Å². The second-order valence-corrected chi connectivity index (χ2v) is 9.82. The number of hydrogen-bond acceptors (Lipinski definition) is 8. The van der Waals surface area contributed by atoms with Crippen LogP contribution in [0.5, 0.6) is 11.5 Å². The number of aryl methyl sites for hydroxylation is 1. The molecule has 1 atom stereocenters. The molecule has 1 aliphatic rings. The molecule has 0 unspecified atom stereocenters. The van der Waals surface area contributed by atoms with Crippen LogP contribution in [0.3, 0.4) is 0 Å². The predicted molar refractivity (Wildman–Crippen MR) is 152 cm³/mol. The van der Waals surface area contributed by atoms with Gasteiger partial charge in [0.1, 0.15) is 11.3 Å². The number of aromatic hydroxyl groups is 2. The molecule has 41 heavy (non-hydrogen) atoms. The smallest absolute Gasteiger partial charge is 0.251 e. The molecule has 0 fully saturated rings. The van der Waals surface area contributed by atoms with E-state index >= 15 is 0 Å². The molecule has 6 aromatic rings. The Labute approximate surface area is 233 Å². The zero-order valence-electron chi connectivity index (χ0n) is 21.6. The molecule has 5 N–H and O–H groups in total. The second kappa shape index (κ2) is 9.49. The van der Waals surface area contributed by atoms with Crippen LogP contribution in [0.25, 0.3) is 34.1 Å². The normalized spacial score (nSPS) is 14.3. The molecule has 0 spiro atoms. The predicted octanol–water partition coefficient (Wildman–Crippen LogP) is 4.08. The van der Waals surface area contributed by atoms with E-state index in [1.165, 1.54) is 18.2 Å². The molecule has 4 aromatic heterocycles. The first kappa shape index (κ1) is 24.3. The third kappa shape index (κ3) is 4.20. The monoisotopic (exact) mass is 544 g/mol. The lowest BCUT2D eigenvalue weighted by Crippen LogP contribution is -2.27. The summed E-state index contributed by atoms with van der Waals surface area (Å²) < 4.78 is 3.67. The quantitative estimate of drug-likeness (QED) is 0.237. The van der Waals surface area contributed by atoms with Crippen molar-refractivity contribution >= 4 is 22.9 Å². The lowest BCUT2D eigenvalue weighted by Gasteiger charge is -2.16. The minimum absolute atomic E-state index is 0.194. The van der Waals surface area contributed by atoms with Crippen LogP contribution in [0.15, 0.2) is 85.3 Å². The topological polar surface area (TPSA) is 157 Å². The van der Waals surface area contributed by atoms with Crippen LogP contribution < -0.4 is 11.1 Å². The van der Waals surface area contributed by atoms with E-state index in [1.54, 1.807) is 17.1 Å². The number of nitrogens with two attached hydrogens (primary N) is 1. The van der Waals surface area contributed by atoms with E-state index in [1.807, 2.05) is 53.2 Å². The van der Waals surface area contributed by atoms with Gasteiger partial charge in [-0.1, -0.05) is 6.07 Å². The van der Waals surface area contributed by atoms with Gasteiger partial charge < -0.3 is 21.3 Å². The van der Waals surface area contributed by atoms with Crippen molar-refractivity contribution in [2.75, 3.05) is 5.73 Å². The van der Waals surface area contributed by atoms with Crippen LogP contribution >= 0.6 is 0 Å². The average molecular weight is 545 g/mol. The Morgan fingerprint density at radius 1 is 0.976 bits per heavy atom.